The number of aromatic nitrogens is 2. The van der Waals surface area contributed by atoms with Gasteiger partial charge < -0.3 is 11.1 Å². The van der Waals surface area contributed by atoms with Crippen molar-refractivity contribution in [3.8, 4) is 5.69 Å². The lowest BCUT2D eigenvalue weighted by molar-refractivity contribution is 0.0901. The van der Waals surface area contributed by atoms with E-state index in [1.807, 2.05) is 0 Å². The number of nitrogens with one attached hydrogen (secondary N) is 1. The number of rotatable bonds is 4. The molecule has 2 unspecified atom stereocenters. The van der Waals surface area contributed by atoms with Crippen molar-refractivity contribution in [2.24, 2.45) is 11.7 Å². The van der Waals surface area contributed by atoms with Crippen LogP contribution in [-0.4, -0.2) is 28.3 Å². The van der Waals surface area contributed by atoms with Crippen LogP contribution in [0.4, 0.5) is 4.39 Å². The van der Waals surface area contributed by atoms with Gasteiger partial charge in [0.15, 0.2) is 5.69 Å². The average Bonchev–Trinajstić information content (AvgIpc) is 2.98. The molecule has 1 aliphatic carbocycles. The van der Waals surface area contributed by atoms with E-state index in [4.69, 9.17) is 5.73 Å². The summed E-state index contributed by atoms with van der Waals surface area (Å²) < 4.78 is 15.2. The number of amides is 1. The first-order valence-electron chi connectivity index (χ1n) is 8.10. The molecule has 1 aliphatic rings. The Hall–Kier alpha value is -1.44. The maximum absolute atomic E-state index is 13.0. The topological polar surface area (TPSA) is 72.9 Å². The lowest BCUT2D eigenvalue weighted by Crippen LogP contribution is -2.44. The van der Waals surface area contributed by atoms with E-state index in [0.717, 1.165) is 25.7 Å². The van der Waals surface area contributed by atoms with Crippen LogP contribution < -0.4 is 11.1 Å². The van der Waals surface area contributed by atoms with Crippen molar-refractivity contribution in [2.45, 2.75) is 31.7 Å². The summed E-state index contributed by atoms with van der Waals surface area (Å²) in [5.74, 6) is -0.207. The van der Waals surface area contributed by atoms with Crippen molar-refractivity contribution in [2.75, 3.05) is 6.54 Å². The number of hydrogen-bond donors (Lipinski definition) is 2. The van der Waals surface area contributed by atoms with Crippen molar-refractivity contribution in [3.05, 3.63) is 46.4 Å². The van der Waals surface area contributed by atoms with Gasteiger partial charge >= 0.3 is 0 Å². The highest BCUT2D eigenvalue weighted by Gasteiger charge is 2.27. The molecule has 1 heterocycles. The van der Waals surface area contributed by atoms with Crippen LogP contribution in [0.2, 0.25) is 0 Å². The van der Waals surface area contributed by atoms with E-state index in [9.17, 15) is 9.18 Å². The molecule has 1 saturated carbocycles. The third-order valence-corrected chi connectivity index (χ3v) is 5.08. The molecule has 5 nitrogen and oxygen atoms in total. The molecule has 2 aromatic rings. The molecule has 0 bridgehead atoms. The van der Waals surface area contributed by atoms with E-state index in [1.165, 1.54) is 12.1 Å². The lowest BCUT2D eigenvalue weighted by Gasteiger charge is -2.31. The number of halogens is 3. The van der Waals surface area contributed by atoms with Crippen molar-refractivity contribution in [1.29, 1.82) is 0 Å². The molecule has 1 aromatic heterocycles. The summed E-state index contributed by atoms with van der Waals surface area (Å²) in [5, 5.41) is 7.40. The monoisotopic (exact) mass is 430 g/mol. The molecule has 136 valence electrons. The van der Waals surface area contributed by atoms with Crippen molar-refractivity contribution >= 4 is 34.2 Å². The molecule has 25 heavy (non-hydrogen) atoms. The Labute approximate surface area is 160 Å². The Morgan fingerprint density at radius 1 is 1.32 bits per heavy atom. The molecule has 0 saturated heterocycles. The summed E-state index contributed by atoms with van der Waals surface area (Å²) in [6, 6.07) is 6.04. The molecule has 2 atom stereocenters. The first-order valence-corrected chi connectivity index (χ1v) is 8.90. The fourth-order valence-corrected chi connectivity index (χ4v) is 3.60. The van der Waals surface area contributed by atoms with Crippen molar-refractivity contribution in [3.63, 3.8) is 0 Å². The van der Waals surface area contributed by atoms with E-state index in [-0.39, 0.29) is 30.2 Å². The maximum atomic E-state index is 13.0. The van der Waals surface area contributed by atoms with Gasteiger partial charge in [0.2, 0.25) is 0 Å². The zero-order valence-electron chi connectivity index (χ0n) is 13.6. The standard InChI is InChI=1S/C17H20BrFN4O.ClH/c18-14-10-23(13-7-5-12(19)6-8-13)22-16(14)17(24)21-15-4-2-1-3-11(15)9-20;/h5-8,10-11,15H,1-4,9,20H2,(H,21,24);1H. The highest BCUT2D eigenvalue weighted by molar-refractivity contribution is 9.10. The minimum absolute atomic E-state index is 0. The van der Waals surface area contributed by atoms with Gasteiger partial charge in [0.1, 0.15) is 5.82 Å². The van der Waals surface area contributed by atoms with E-state index in [2.05, 4.69) is 26.3 Å². The molecule has 1 aromatic carbocycles. The van der Waals surface area contributed by atoms with E-state index >= 15 is 0 Å². The van der Waals surface area contributed by atoms with Gasteiger partial charge in [0.05, 0.1) is 10.2 Å². The molecule has 8 heteroatoms. The quantitative estimate of drug-likeness (QED) is 0.779. The number of benzene rings is 1. The highest BCUT2D eigenvalue weighted by atomic mass is 79.9. The lowest BCUT2D eigenvalue weighted by atomic mass is 9.84. The predicted molar refractivity (Wildman–Crippen MR) is 101 cm³/mol. The number of nitrogens with two attached hydrogens (primary N) is 1. The molecular weight excluding hydrogens is 411 g/mol. The minimum Gasteiger partial charge on any atom is -0.348 e. The zero-order chi connectivity index (χ0) is 17.1. The van der Waals surface area contributed by atoms with E-state index in [1.54, 1.807) is 23.0 Å². The Balaban J connectivity index is 0.00000225. The Morgan fingerprint density at radius 3 is 2.68 bits per heavy atom. The smallest absolute Gasteiger partial charge is 0.273 e. The molecule has 3 N–H and O–H groups in total. The van der Waals surface area contributed by atoms with Crippen LogP contribution in [0, 0.1) is 11.7 Å². The molecule has 0 spiro atoms. The van der Waals surface area contributed by atoms with E-state index < -0.39 is 0 Å². The molecular formula is C17H21BrClFN4O. The predicted octanol–water partition coefficient (Wildman–Crippen LogP) is 3.44. The highest BCUT2D eigenvalue weighted by Crippen LogP contribution is 2.25. The fraction of sp³-hybridized carbons (Fsp3) is 0.412. The van der Waals surface area contributed by atoms with Crippen LogP contribution in [0.3, 0.4) is 0 Å². The normalized spacial score (nSPS) is 20.0. The summed E-state index contributed by atoms with van der Waals surface area (Å²) in [4.78, 5) is 12.6. The number of hydrogen-bond acceptors (Lipinski definition) is 3. The third-order valence-electron chi connectivity index (χ3n) is 4.50. The minimum atomic E-state index is -0.312. The molecule has 3 rings (SSSR count). The van der Waals surface area contributed by atoms with Crippen LogP contribution in [-0.2, 0) is 0 Å². The second kappa shape index (κ2) is 8.78. The second-order valence-corrected chi connectivity index (χ2v) is 6.96. The molecule has 0 aliphatic heterocycles. The summed E-state index contributed by atoms with van der Waals surface area (Å²) in [7, 11) is 0. The van der Waals surface area contributed by atoms with Crippen molar-refractivity contribution < 1.29 is 9.18 Å². The number of carbonyl (C=O) groups excluding carboxylic acids is 1. The van der Waals surface area contributed by atoms with Gasteiger partial charge in [0.25, 0.3) is 5.91 Å². The Morgan fingerprint density at radius 2 is 2.00 bits per heavy atom. The first kappa shape index (κ1) is 19.9. The maximum Gasteiger partial charge on any atom is 0.273 e. The first-order chi connectivity index (χ1) is 11.6. The van der Waals surface area contributed by atoms with Crippen LogP contribution in [0.5, 0.6) is 0 Å². The van der Waals surface area contributed by atoms with Crippen molar-refractivity contribution in [1.82, 2.24) is 15.1 Å². The SMILES string of the molecule is Cl.NCC1CCCCC1NC(=O)c1nn(-c2ccc(F)cc2)cc1Br. The number of carbonyl (C=O) groups is 1. The molecule has 1 fully saturated rings. The Bertz CT molecular complexity index is 722. The summed E-state index contributed by atoms with van der Waals surface area (Å²) >= 11 is 3.38. The summed E-state index contributed by atoms with van der Waals surface area (Å²) in [6.45, 7) is 0.580. The number of nitrogens with zero attached hydrogens (tertiary/aromatic N) is 2. The van der Waals surface area contributed by atoms with Gasteiger partial charge in [-0.2, -0.15) is 5.10 Å². The van der Waals surface area contributed by atoms with Crippen LogP contribution >= 0.6 is 28.3 Å². The average molecular weight is 432 g/mol. The summed E-state index contributed by atoms with van der Waals surface area (Å²) in [6.07, 6.45) is 5.96. The second-order valence-electron chi connectivity index (χ2n) is 6.11. The van der Waals surface area contributed by atoms with Gasteiger partial charge in [0, 0.05) is 12.2 Å². The van der Waals surface area contributed by atoms with Crippen LogP contribution in [0.1, 0.15) is 36.2 Å². The third kappa shape index (κ3) is 4.59. The molecule has 1 amide bonds. The molecule has 0 radical (unpaired) electrons. The van der Waals surface area contributed by atoms with Gasteiger partial charge in [-0.05, 0) is 65.5 Å². The van der Waals surface area contributed by atoms with Gasteiger partial charge in [-0.1, -0.05) is 12.8 Å². The van der Waals surface area contributed by atoms with Crippen LogP contribution in [0.15, 0.2) is 34.9 Å². The van der Waals surface area contributed by atoms with Gasteiger partial charge in [-0.15, -0.1) is 12.4 Å². The fourth-order valence-electron chi connectivity index (χ4n) is 3.15. The Kier molecular flexibility index (Phi) is 6.98. The van der Waals surface area contributed by atoms with Gasteiger partial charge in [-0.25, -0.2) is 9.07 Å². The van der Waals surface area contributed by atoms with E-state index in [0.29, 0.717) is 28.3 Å². The van der Waals surface area contributed by atoms with Gasteiger partial charge in [-0.3, -0.25) is 4.79 Å². The summed E-state index contributed by atoms with van der Waals surface area (Å²) in [5.41, 5.74) is 6.83. The van der Waals surface area contributed by atoms with Crippen LogP contribution in [0.25, 0.3) is 5.69 Å². The largest absolute Gasteiger partial charge is 0.348 e. The zero-order valence-corrected chi connectivity index (χ0v) is 16.0.